The van der Waals surface area contributed by atoms with Crippen LogP contribution in [0.15, 0.2) is 48.5 Å². The number of fused-ring (bicyclic) bond motifs is 2. The number of para-hydroxylation sites is 2. The Hall–Kier alpha value is -3.97. The van der Waals surface area contributed by atoms with Crippen LogP contribution in [-0.4, -0.2) is 17.7 Å². The average Bonchev–Trinajstić information content (AvgIpc) is 2.96. The Morgan fingerprint density at radius 3 is 2.41 bits per heavy atom. The summed E-state index contributed by atoms with van der Waals surface area (Å²) in [7, 11) is 0. The number of amides is 1. The van der Waals surface area contributed by atoms with Crippen molar-refractivity contribution in [3.05, 3.63) is 59.7 Å². The molecule has 0 aliphatic carbocycles. The summed E-state index contributed by atoms with van der Waals surface area (Å²) >= 11 is 0. The van der Waals surface area contributed by atoms with E-state index >= 15 is 0 Å². The summed E-state index contributed by atoms with van der Waals surface area (Å²) in [6.07, 6.45) is 0. The van der Waals surface area contributed by atoms with E-state index in [-0.39, 0.29) is 16.9 Å². The lowest BCUT2D eigenvalue weighted by atomic mass is 9.61. The number of rotatable bonds is 2. The first kappa shape index (κ1) is 16.5. The van der Waals surface area contributed by atoms with Crippen molar-refractivity contribution in [3.8, 4) is 17.9 Å². The second-order valence-corrected chi connectivity index (χ2v) is 6.27. The molecule has 2 aliphatic rings. The van der Waals surface area contributed by atoms with Gasteiger partial charge >= 0.3 is 5.97 Å². The summed E-state index contributed by atoms with van der Waals surface area (Å²) in [4.78, 5) is 39.1. The molecule has 0 fully saturated rings. The van der Waals surface area contributed by atoms with Gasteiger partial charge in [0.05, 0.1) is 17.7 Å². The Labute approximate surface area is 153 Å². The Balaban J connectivity index is 2.02. The van der Waals surface area contributed by atoms with Crippen LogP contribution in [0.1, 0.15) is 15.9 Å². The van der Waals surface area contributed by atoms with Crippen molar-refractivity contribution < 1.29 is 19.1 Å². The SMILES string of the molecule is N#CC(C#N)C1(C2C(=O)Oc3ccccc3C2=O)C(=O)Nc2ccccc21. The number of nitriles is 2. The van der Waals surface area contributed by atoms with Crippen LogP contribution in [0.3, 0.4) is 0 Å². The third-order valence-corrected chi connectivity index (χ3v) is 5.03. The third kappa shape index (κ3) is 2.03. The van der Waals surface area contributed by atoms with E-state index in [1.54, 1.807) is 42.5 Å². The number of hydrogen-bond donors (Lipinski definition) is 1. The molecule has 1 amide bonds. The number of carbonyl (C=O) groups excluding carboxylic acids is 3. The minimum absolute atomic E-state index is 0.0936. The Kier molecular flexibility index (Phi) is 3.54. The summed E-state index contributed by atoms with van der Waals surface area (Å²) < 4.78 is 5.30. The molecule has 0 saturated heterocycles. The molecule has 2 heterocycles. The highest BCUT2D eigenvalue weighted by atomic mass is 16.5. The van der Waals surface area contributed by atoms with Crippen molar-refractivity contribution >= 4 is 23.3 Å². The third-order valence-electron chi connectivity index (χ3n) is 5.03. The lowest BCUT2D eigenvalue weighted by molar-refractivity contribution is -0.144. The van der Waals surface area contributed by atoms with Crippen LogP contribution < -0.4 is 10.1 Å². The molecule has 4 rings (SSSR count). The fourth-order valence-electron chi connectivity index (χ4n) is 3.85. The van der Waals surface area contributed by atoms with Gasteiger partial charge in [0.25, 0.3) is 0 Å². The van der Waals surface area contributed by atoms with E-state index in [0.29, 0.717) is 5.69 Å². The summed E-state index contributed by atoms with van der Waals surface area (Å²) in [5.41, 5.74) is -1.23. The van der Waals surface area contributed by atoms with Gasteiger partial charge in [-0.25, -0.2) is 0 Å². The van der Waals surface area contributed by atoms with Crippen molar-refractivity contribution in [1.82, 2.24) is 0 Å². The summed E-state index contributed by atoms with van der Waals surface area (Å²) in [6, 6.07) is 16.2. The molecular formula is C20H11N3O4. The molecule has 1 N–H and O–H groups in total. The molecule has 2 unspecified atom stereocenters. The molecule has 0 bridgehead atoms. The average molecular weight is 357 g/mol. The van der Waals surface area contributed by atoms with E-state index in [0.717, 1.165) is 0 Å². The largest absolute Gasteiger partial charge is 0.425 e. The molecule has 2 aromatic rings. The fraction of sp³-hybridized carbons (Fsp3) is 0.150. The molecule has 0 saturated carbocycles. The number of ether oxygens (including phenoxy) is 1. The van der Waals surface area contributed by atoms with Gasteiger partial charge < -0.3 is 10.1 Å². The molecule has 2 aromatic carbocycles. The standard InChI is InChI=1S/C20H11N3O4/c21-9-11(10-22)20(13-6-2-3-7-14(13)23-19(20)26)16-17(24)12-5-1-4-8-15(12)27-18(16)25/h1-8,11,16H,(H,23,26). The Bertz CT molecular complexity index is 1080. The van der Waals surface area contributed by atoms with Crippen molar-refractivity contribution in [2.24, 2.45) is 11.8 Å². The number of hydrogen-bond acceptors (Lipinski definition) is 6. The molecule has 0 aromatic heterocycles. The number of nitrogens with one attached hydrogen (secondary N) is 1. The predicted molar refractivity (Wildman–Crippen MR) is 91.4 cm³/mol. The zero-order valence-electron chi connectivity index (χ0n) is 13.8. The van der Waals surface area contributed by atoms with Crippen LogP contribution in [0.5, 0.6) is 5.75 Å². The molecule has 0 spiro atoms. The van der Waals surface area contributed by atoms with Crippen LogP contribution in [0.4, 0.5) is 5.69 Å². The number of Topliss-reactive ketones (excluding diaryl/α,β-unsaturated/α-hetero) is 1. The second-order valence-electron chi connectivity index (χ2n) is 6.27. The minimum Gasteiger partial charge on any atom is -0.425 e. The molecule has 2 atom stereocenters. The maximum Gasteiger partial charge on any atom is 0.323 e. The Morgan fingerprint density at radius 2 is 1.67 bits per heavy atom. The van der Waals surface area contributed by atoms with Gasteiger partial charge in [0, 0.05) is 5.69 Å². The van der Waals surface area contributed by atoms with Gasteiger partial charge in [-0.1, -0.05) is 30.3 Å². The molecule has 7 heteroatoms. The summed E-state index contributed by atoms with van der Waals surface area (Å²) in [5, 5.41) is 21.8. The monoisotopic (exact) mass is 357 g/mol. The maximum atomic E-state index is 13.2. The lowest BCUT2D eigenvalue weighted by Gasteiger charge is -2.36. The first-order valence-electron chi connectivity index (χ1n) is 8.10. The Morgan fingerprint density at radius 1 is 1.00 bits per heavy atom. The number of carbonyl (C=O) groups is 3. The van der Waals surface area contributed by atoms with Gasteiger partial charge in [-0.15, -0.1) is 0 Å². The lowest BCUT2D eigenvalue weighted by Crippen LogP contribution is -2.55. The zero-order chi connectivity index (χ0) is 19.2. The van der Waals surface area contributed by atoms with Gasteiger partial charge in [-0.05, 0) is 23.8 Å². The van der Waals surface area contributed by atoms with E-state index in [4.69, 9.17) is 4.74 Å². The zero-order valence-corrected chi connectivity index (χ0v) is 13.8. The van der Waals surface area contributed by atoms with E-state index in [2.05, 4.69) is 5.32 Å². The second kappa shape index (κ2) is 5.79. The van der Waals surface area contributed by atoms with Crippen molar-refractivity contribution in [1.29, 1.82) is 10.5 Å². The van der Waals surface area contributed by atoms with Crippen LogP contribution >= 0.6 is 0 Å². The van der Waals surface area contributed by atoms with Gasteiger partial charge in [-0.3, -0.25) is 14.4 Å². The van der Waals surface area contributed by atoms with E-state index in [1.807, 2.05) is 0 Å². The molecular weight excluding hydrogens is 346 g/mol. The smallest absolute Gasteiger partial charge is 0.323 e. The van der Waals surface area contributed by atoms with Gasteiger partial charge in [0.15, 0.2) is 11.7 Å². The molecule has 7 nitrogen and oxygen atoms in total. The number of ketones is 1. The molecule has 27 heavy (non-hydrogen) atoms. The molecule has 130 valence electrons. The van der Waals surface area contributed by atoms with Crippen molar-refractivity contribution in [3.63, 3.8) is 0 Å². The van der Waals surface area contributed by atoms with E-state index in [9.17, 15) is 24.9 Å². The highest BCUT2D eigenvalue weighted by molar-refractivity contribution is 6.21. The topological polar surface area (TPSA) is 120 Å². The highest BCUT2D eigenvalue weighted by Crippen LogP contribution is 2.50. The number of benzene rings is 2. The summed E-state index contributed by atoms with van der Waals surface area (Å²) in [5.74, 6) is -5.46. The normalized spacial score (nSPS) is 22.9. The van der Waals surface area contributed by atoms with E-state index < -0.39 is 34.9 Å². The first-order valence-corrected chi connectivity index (χ1v) is 8.10. The van der Waals surface area contributed by atoms with E-state index in [1.165, 1.54) is 18.2 Å². The predicted octanol–water partition coefficient (Wildman–Crippen LogP) is 1.96. The van der Waals surface area contributed by atoms with Crippen molar-refractivity contribution in [2.45, 2.75) is 5.41 Å². The maximum absolute atomic E-state index is 13.2. The quantitative estimate of drug-likeness (QED) is 0.498. The van der Waals surface area contributed by atoms with Crippen molar-refractivity contribution in [2.75, 3.05) is 5.32 Å². The minimum atomic E-state index is -1.98. The first-order chi connectivity index (χ1) is 13.1. The van der Waals surface area contributed by atoms with Crippen LogP contribution in [0.2, 0.25) is 0 Å². The number of nitrogens with zero attached hydrogens (tertiary/aromatic N) is 2. The van der Waals surface area contributed by atoms with Gasteiger partial charge in [0.1, 0.15) is 17.1 Å². The molecule has 0 radical (unpaired) electrons. The number of anilines is 1. The highest BCUT2D eigenvalue weighted by Gasteiger charge is 2.64. The molecule has 2 aliphatic heterocycles. The van der Waals surface area contributed by atoms with Gasteiger partial charge in [-0.2, -0.15) is 10.5 Å². The van der Waals surface area contributed by atoms with Crippen LogP contribution in [-0.2, 0) is 15.0 Å². The summed E-state index contributed by atoms with van der Waals surface area (Å²) in [6.45, 7) is 0. The van der Waals surface area contributed by atoms with Gasteiger partial charge in [0.2, 0.25) is 5.91 Å². The van der Waals surface area contributed by atoms with Crippen LogP contribution in [0, 0.1) is 34.5 Å². The number of esters is 1. The van der Waals surface area contributed by atoms with Crippen LogP contribution in [0.25, 0.3) is 0 Å². The fourth-order valence-corrected chi connectivity index (χ4v) is 3.85.